The standard InChI is InChI=1S/C13H24N4O/c1-3-13(18,4-2)10-14-9-12-16-15-11-7-5-6-8-17(11)12/h14,18H,3-10H2,1-2H3. The van der Waals surface area contributed by atoms with Gasteiger partial charge in [0.05, 0.1) is 12.1 Å². The van der Waals surface area contributed by atoms with E-state index < -0.39 is 5.60 Å². The van der Waals surface area contributed by atoms with Crippen molar-refractivity contribution in [3.05, 3.63) is 11.6 Å². The molecule has 0 unspecified atom stereocenters. The van der Waals surface area contributed by atoms with Crippen LogP contribution >= 0.6 is 0 Å². The van der Waals surface area contributed by atoms with Crippen molar-refractivity contribution in [1.29, 1.82) is 0 Å². The third-order valence-electron chi connectivity index (χ3n) is 3.99. The predicted octanol–water partition coefficient (Wildman–Crippen LogP) is 1.26. The summed E-state index contributed by atoms with van der Waals surface area (Å²) in [7, 11) is 0. The molecule has 2 N–H and O–H groups in total. The van der Waals surface area contributed by atoms with Crippen LogP contribution in [0.4, 0.5) is 0 Å². The summed E-state index contributed by atoms with van der Waals surface area (Å²) in [5.41, 5.74) is -0.593. The van der Waals surface area contributed by atoms with Crippen LogP contribution in [0.15, 0.2) is 0 Å². The molecule has 0 aromatic carbocycles. The molecule has 2 heterocycles. The Morgan fingerprint density at radius 2 is 2.06 bits per heavy atom. The zero-order valence-corrected chi connectivity index (χ0v) is 11.4. The van der Waals surface area contributed by atoms with Crippen LogP contribution in [0.3, 0.4) is 0 Å². The largest absolute Gasteiger partial charge is 0.389 e. The van der Waals surface area contributed by atoms with E-state index in [1.165, 1.54) is 12.8 Å². The van der Waals surface area contributed by atoms with E-state index in [0.717, 1.165) is 37.5 Å². The number of aliphatic hydroxyl groups is 1. The Morgan fingerprint density at radius 3 is 2.78 bits per heavy atom. The molecule has 5 heteroatoms. The number of fused-ring (bicyclic) bond motifs is 1. The third-order valence-corrected chi connectivity index (χ3v) is 3.99. The normalized spacial score (nSPS) is 15.7. The van der Waals surface area contributed by atoms with Crippen molar-refractivity contribution >= 4 is 0 Å². The molecule has 102 valence electrons. The monoisotopic (exact) mass is 252 g/mol. The Hall–Kier alpha value is -0.940. The van der Waals surface area contributed by atoms with Crippen molar-refractivity contribution in [2.45, 2.75) is 64.6 Å². The first-order chi connectivity index (χ1) is 8.68. The Bertz CT molecular complexity index is 384. The first-order valence-corrected chi connectivity index (χ1v) is 7.02. The molecular formula is C13H24N4O. The molecule has 2 rings (SSSR count). The van der Waals surface area contributed by atoms with Gasteiger partial charge in [-0.25, -0.2) is 0 Å². The van der Waals surface area contributed by atoms with Gasteiger partial charge in [0.25, 0.3) is 0 Å². The average Bonchev–Trinajstić information content (AvgIpc) is 2.82. The maximum Gasteiger partial charge on any atom is 0.147 e. The number of hydrogen-bond donors (Lipinski definition) is 2. The maximum atomic E-state index is 10.2. The highest BCUT2D eigenvalue weighted by Crippen LogP contribution is 2.15. The zero-order chi connectivity index (χ0) is 13.0. The Balaban J connectivity index is 1.89. The molecule has 0 saturated heterocycles. The summed E-state index contributed by atoms with van der Waals surface area (Å²) in [5.74, 6) is 2.11. The summed E-state index contributed by atoms with van der Waals surface area (Å²) in [6.07, 6.45) is 5.02. The van der Waals surface area contributed by atoms with Gasteiger partial charge in [-0.2, -0.15) is 0 Å². The van der Waals surface area contributed by atoms with E-state index in [1.807, 2.05) is 13.8 Å². The van der Waals surface area contributed by atoms with Crippen LogP contribution in [0.1, 0.15) is 51.2 Å². The van der Waals surface area contributed by atoms with E-state index in [1.54, 1.807) is 0 Å². The van der Waals surface area contributed by atoms with Crippen molar-refractivity contribution in [3.63, 3.8) is 0 Å². The van der Waals surface area contributed by atoms with Gasteiger partial charge in [0.2, 0.25) is 0 Å². The summed E-state index contributed by atoms with van der Waals surface area (Å²) in [6.45, 7) is 6.37. The van der Waals surface area contributed by atoms with Gasteiger partial charge in [-0.1, -0.05) is 13.8 Å². The van der Waals surface area contributed by atoms with Crippen molar-refractivity contribution < 1.29 is 5.11 Å². The quantitative estimate of drug-likeness (QED) is 0.800. The van der Waals surface area contributed by atoms with Crippen LogP contribution in [0, 0.1) is 0 Å². The van der Waals surface area contributed by atoms with Gasteiger partial charge in [-0.15, -0.1) is 10.2 Å². The van der Waals surface area contributed by atoms with Crippen LogP contribution in [-0.4, -0.2) is 32.0 Å². The van der Waals surface area contributed by atoms with E-state index in [0.29, 0.717) is 13.1 Å². The molecule has 0 bridgehead atoms. The van der Waals surface area contributed by atoms with Crippen LogP contribution in [-0.2, 0) is 19.5 Å². The molecule has 18 heavy (non-hydrogen) atoms. The molecule has 1 aliphatic rings. The smallest absolute Gasteiger partial charge is 0.147 e. The van der Waals surface area contributed by atoms with Crippen molar-refractivity contribution in [1.82, 2.24) is 20.1 Å². The number of nitrogens with zero attached hydrogens (tertiary/aromatic N) is 3. The highest BCUT2D eigenvalue weighted by atomic mass is 16.3. The van der Waals surface area contributed by atoms with Crippen molar-refractivity contribution in [2.75, 3.05) is 6.54 Å². The summed E-state index contributed by atoms with van der Waals surface area (Å²) < 4.78 is 2.22. The first-order valence-electron chi connectivity index (χ1n) is 7.02. The number of nitrogens with one attached hydrogen (secondary N) is 1. The van der Waals surface area contributed by atoms with Crippen molar-refractivity contribution in [2.24, 2.45) is 0 Å². The molecule has 0 amide bonds. The highest BCUT2D eigenvalue weighted by Gasteiger charge is 2.22. The lowest BCUT2D eigenvalue weighted by Crippen LogP contribution is -2.39. The molecule has 5 nitrogen and oxygen atoms in total. The zero-order valence-electron chi connectivity index (χ0n) is 11.4. The SMILES string of the molecule is CCC(O)(CC)CNCc1nnc2n1CCCC2. The average molecular weight is 252 g/mol. The van der Waals surface area contributed by atoms with Gasteiger partial charge in [0, 0.05) is 19.5 Å². The molecule has 0 saturated carbocycles. The molecule has 0 atom stereocenters. The number of rotatable bonds is 6. The third kappa shape index (κ3) is 2.90. The summed E-state index contributed by atoms with van der Waals surface area (Å²) in [6, 6.07) is 0. The lowest BCUT2D eigenvalue weighted by Gasteiger charge is -2.25. The van der Waals surface area contributed by atoms with Crippen molar-refractivity contribution in [3.8, 4) is 0 Å². The highest BCUT2D eigenvalue weighted by molar-refractivity contribution is 4.98. The fourth-order valence-corrected chi connectivity index (χ4v) is 2.41. The molecule has 0 spiro atoms. The number of aromatic nitrogens is 3. The molecular weight excluding hydrogens is 228 g/mol. The molecule has 0 fully saturated rings. The molecule has 1 aromatic rings. The second-order valence-corrected chi connectivity index (χ2v) is 5.18. The molecule has 0 aliphatic carbocycles. The van der Waals surface area contributed by atoms with Crippen LogP contribution < -0.4 is 5.32 Å². The van der Waals surface area contributed by atoms with E-state index in [9.17, 15) is 5.11 Å². The van der Waals surface area contributed by atoms with E-state index in [2.05, 4.69) is 20.1 Å². The fraction of sp³-hybridized carbons (Fsp3) is 0.846. The minimum atomic E-state index is -0.593. The van der Waals surface area contributed by atoms with Gasteiger partial charge in [-0.05, 0) is 25.7 Å². The minimum absolute atomic E-state index is 0.593. The van der Waals surface area contributed by atoms with Gasteiger partial charge in [0.1, 0.15) is 11.6 Å². The van der Waals surface area contributed by atoms with Gasteiger partial charge < -0.3 is 15.0 Å². The summed E-state index contributed by atoms with van der Waals surface area (Å²) in [4.78, 5) is 0. The first kappa shape index (κ1) is 13.5. The van der Waals surface area contributed by atoms with E-state index in [-0.39, 0.29) is 0 Å². The topological polar surface area (TPSA) is 63.0 Å². The maximum absolute atomic E-state index is 10.2. The Kier molecular flexibility index (Phi) is 4.35. The summed E-state index contributed by atoms with van der Waals surface area (Å²) in [5, 5.41) is 22.0. The van der Waals surface area contributed by atoms with Crippen LogP contribution in [0.25, 0.3) is 0 Å². The number of aryl methyl sites for hydroxylation is 1. The van der Waals surface area contributed by atoms with Gasteiger partial charge in [0.15, 0.2) is 0 Å². The minimum Gasteiger partial charge on any atom is -0.389 e. The fourth-order valence-electron chi connectivity index (χ4n) is 2.41. The Morgan fingerprint density at radius 1 is 1.28 bits per heavy atom. The lowest BCUT2D eigenvalue weighted by molar-refractivity contribution is 0.0321. The van der Waals surface area contributed by atoms with E-state index in [4.69, 9.17) is 0 Å². The summed E-state index contributed by atoms with van der Waals surface area (Å²) >= 11 is 0. The van der Waals surface area contributed by atoms with Crippen LogP contribution in [0.2, 0.25) is 0 Å². The predicted molar refractivity (Wildman–Crippen MR) is 70.2 cm³/mol. The van der Waals surface area contributed by atoms with E-state index >= 15 is 0 Å². The second-order valence-electron chi connectivity index (χ2n) is 5.18. The molecule has 1 aromatic heterocycles. The molecule has 0 radical (unpaired) electrons. The number of hydrogen-bond acceptors (Lipinski definition) is 4. The second kappa shape index (κ2) is 5.80. The lowest BCUT2D eigenvalue weighted by atomic mass is 9.98. The Labute approximate surface area is 109 Å². The van der Waals surface area contributed by atoms with Gasteiger partial charge >= 0.3 is 0 Å². The molecule has 1 aliphatic heterocycles. The van der Waals surface area contributed by atoms with Crippen LogP contribution in [0.5, 0.6) is 0 Å². The van der Waals surface area contributed by atoms with Gasteiger partial charge in [-0.3, -0.25) is 0 Å².